The number of amides is 2. The van der Waals surface area contributed by atoms with Crippen molar-refractivity contribution in [3.05, 3.63) is 11.4 Å². The SMILES string of the molecule is Nc1nc(SC2CC(=O)N(C3CC3)C2=O)nc2sccc12. The molecule has 2 aromatic rings. The fourth-order valence-electron chi connectivity index (χ4n) is 2.47. The van der Waals surface area contributed by atoms with Crippen LogP contribution in [0.2, 0.25) is 0 Å². The molecule has 1 saturated heterocycles. The number of nitrogens with zero attached hydrogens (tertiary/aromatic N) is 3. The molecule has 0 radical (unpaired) electrons. The Labute approximate surface area is 128 Å². The maximum atomic E-state index is 12.3. The number of carbonyl (C=O) groups is 2. The van der Waals surface area contributed by atoms with E-state index in [1.54, 1.807) is 0 Å². The van der Waals surface area contributed by atoms with Gasteiger partial charge in [0.05, 0.1) is 5.39 Å². The molecular formula is C13H12N4O2S2. The summed E-state index contributed by atoms with van der Waals surface area (Å²) in [5.74, 6) is 0.227. The predicted octanol–water partition coefficient (Wildman–Crippen LogP) is 1.66. The highest BCUT2D eigenvalue weighted by Crippen LogP contribution is 2.37. The second-order valence-corrected chi connectivity index (χ2v) is 7.24. The smallest absolute Gasteiger partial charge is 0.243 e. The number of hydrogen-bond donors (Lipinski definition) is 1. The van der Waals surface area contributed by atoms with Gasteiger partial charge in [0.1, 0.15) is 15.9 Å². The largest absolute Gasteiger partial charge is 0.383 e. The van der Waals surface area contributed by atoms with E-state index in [1.165, 1.54) is 28.0 Å². The summed E-state index contributed by atoms with van der Waals surface area (Å²) in [5.41, 5.74) is 5.90. The van der Waals surface area contributed by atoms with Gasteiger partial charge < -0.3 is 5.73 Å². The Bertz CT molecular complexity index is 756. The van der Waals surface area contributed by atoms with Crippen LogP contribution < -0.4 is 5.73 Å². The van der Waals surface area contributed by atoms with Crippen molar-refractivity contribution in [1.82, 2.24) is 14.9 Å². The molecule has 1 unspecified atom stereocenters. The first-order valence-corrected chi connectivity index (χ1v) is 8.42. The Morgan fingerprint density at radius 2 is 2.14 bits per heavy atom. The van der Waals surface area contributed by atoms with Crippen molar-refractivity contribution in [2.45, 2.75) is 35.7 Å². The third kappa shape index (κ3) is 2.18. The number of carbonyl (C=O) groups excluding carboxylic acids is 2. The highest BCUT2D eigenvalue weighted by atomic mass is 32.2. The highest BCUT2D eigenvalue weighted by Gasteiger charge is 2.46. The molecule has 1 atom stereocenters. The van der Waals surface area contributed by atoms with Gasteiger partial charge in [0, 0.05) is 12.5 Å². The van der Waals surface area contributed by atoms with Crippen LogP contribution in [-0.2, 0) is 9.59 Å². The summed E-state index contributed by atoms with van der Waals surface area (Å²) < 4.78 is 0. The molecule has 3 heterocycles. The number of thiophene rings is 1. The first-order chi connectivity index (χ1) is 10.1. The van der Waals surface area contributed by atoms with E-state index in [0.29, 0.717) is 11.0 Å². The van der Waals surface area contributed by atoms with Gasteiger partial charge in [-0.3, -0.25) is 14.5 Å². The average molecular weight is 320 g/mol. The number of nitrogens with two attached hydrogens (primary N) is 1. The van der Waals surface area contributed by atoms with Crippen molar-refractivity contribution in [3.8, 4) is 0 Å². The van der Waals surface area contributed by atoms with Crippen molar-refractivity contribution in [2.24, 2.45) is 0 Å². The summed E-state index contributed by atoms with van der Waals surface area (Å²) in [6, 6.07) is 2.00. The molecule has 2 aliphatic rings. The topological polar surface area (TPSA) is 89.2 Å². The summed E-state index contributed by atoms with van der Waals surface area (Å²) in [6.07, 6.45) is 2.09. The van der Waals surface area contributed by atoms with Crippen molar-refractivity contribution in [2.75, 3.05) is 5.73 Å². The van der Waals surface area contributed by atoms with Crippen molar-refractivity contribution in [1.29, 1.82) is 0 Å². The number of fused-ring (bicyclic) bond motifs is 1. The summed E-state index contributed by atoms with van der Waals surface area (Å²) in [4.78, 5) is 35.1. The Kier molecular flexibility index (Phi) is 2.90. The number of thioether (sulfide) groups is 1. The van der Waals surface area contributed by atoms with Crippen LogP contribution in [0.15, 0.2) is 16.6 Å². The van der Waals surface area contributed by atoms with Gasteiger partial charge in [-0.25, -0.2) is 9.97 Å². The molecule has 1 aliphatic heterocycles. The van der Waals surface area contributed by atoms with E-state index in [4.69, 9.17) is 5.73 Å². The second-order valence-electron chi connectivity index (χ2n) is 5.17. The maximum absolute atomic E-state index is 12.3. The minimum Gasteiger partial charge on any atom is -0.383 e. The van der Waals surface area contributed by atoms with Crippen molar-refractivity contribution in [3.63, 3.8) is 0 Å². The van der Waals surface area contributed by atoms with Crippen LogP contribution in [0.3, 0.4) is 0 Å². The first kappa shape index (κ1) is 13.0. The number of imide groups is 1. The van der Waals surface area contributed by atoms with E-state index >= 15 is 0 Å². The Morgan fingerprint density at radius 1 is 1.33 bits per heavy atom. The lowest BCUT2D eigenvalue weighted by Gasteiger charge is -2.12. The monoisotopic (exact) mass is 320 g/mol. The molecule has 8 heteroatoms. The maximum Gasteiger partial charge on any atom is 0.243 e. The van der Waals surface area contributed by atoms with Crippen LogP contribution >= 0.6 is 23.1 Å². The zero-order valence-corrected chi connectivity index (χ0v) is 12.6. The van der Waals surface area contributed by atoms with E-state index in [2.05, 4.69) is 9.97 Å². The molecule has 2 amide bonds. The number of likely N-dealkylation sites (tertiary alicyclic amines) is 1. The Hall–Kier alpha value is -1.67. The van der Waals surface area contributed by atoms with E-state index < -0.39 is 5.25 Å². The third-order valence-electron chi connectivity index (χ3n) is 3.64. The number of nitrogen functional groups attached to an aromatic ring is 1. The Morgan fingerprint density at radius 3 is 2.90 bits per heavy atom. The molecule has 2 aromatic heterocycles. The van der Waals surface area contributed by atoms with Crippen LogP contribution in [0.5, 0.6) is 0 Å². The minimum absolute atomic E-state index is 0.0785. The Balaban J connectivity index is 1.60. The van der Waals surface area contributed by atoms with Crippen molar-refractivity contribution >= 4 is 50.9 Å². The summed E-state index contributed by atoms with van der Waals surface area (Å²) in [7, 11) is 0. The third-order valence-corrected chi connectivity index (χ3v) is 5.49. The molecule has 2 fully saturated rings. The van der Waals surface area contributed by atoms with Gasteiger partial charge in [0.2, 0.25) is 11.8 Å². The predicted molar refractivity (Wildman–Crippen MR) is 81.0 cm³/mol. The summed E-state index contributed by atoms with van der Waals surface area (Å²) in [5, 5.41) is 2.78. The van der Waals surface area contributed by atoms with E-state index in [0.717, 1.165) is 23.1 Å². The summed E-state index contributed by atoms with van der Waals surface area (Å²) in [6.45, 7) is 0. The molecule has 2 N–H and O–H groups in total. The first-order valence-electron chi connectivity index (χ1n) is 6.67. The number of hydrogen-bond acceptors (Lipinski definition) is 7. The molecule has 108 valence electrons. The highest BCUT2D eigenvalue weighted by molar-refractivity contribution is 8.00. The standard InChI is InChI=1S/C13H12N4O2S2/c14-10-7-3-4-20-11(7)16-13(15-10)21-8-5-9(18)17(12(8)19)6-1-2-6/h3-4,6,8H,1-2,5H2,(H2,14,15,16). The molecule has 0 spiro atoms. The molecule has 0 bridgehead atoms. The van der Waals surface area contributed by atoms with Gasteiger partial charge in [-0.15, -0.1) is 11.3 Å². The van der Waals surface area contributed by atoms with Gasteiger partial charge in [-0.2, -0.15) is 0 Å². The summed E-state index contributed by atoms with van der Waals surface area (Å²) >= 11 is 2.72. The number of aromatic nitrogens is 2. The zero-order chi connectivity index (χ0) is 14.6. The lowest BCUT2D eigenvalue weighted by atomic mass is 10.4. The lowest BCUT2D eigenvalue weighted by Crippen LogP contribution is -2.33. The average Bonchev–Trinajstić information content (AvgIpc) is 3.07. The molecule has 4 rings (SSSR count). The molecule has 0 aromatic carbocycles. The normalized spacial score (nSPS) is 22.5. The van der Waals surface area contributed by atoms with E-state index in [9.17, 15) is 9.59 Å². The fraction of sp³-hybridized carbons (Fsp3) is 0.385. The van der Waals surface area contributed by atoms with Gasteiger partial charge in [0.15, 0.2) is 5.16 Å². The van der Waals surface area contributed by atoms with Gasteiger partial charge in [-0.05, 0) is 24.3 Å². The second kappa shape index (κ2) is 4.67. The molecule has 6 nitrogen and oxygen atoms in total. The van der Waals surface area contributed by atoms with Crippen LogP contribution in [0.25, 0.3) is 10.2 Å². The molecular weight excluding hydrogens is 308 g/mol. The van der Waals surface area contributed by atoms with Gasteiger partial charge in [-0.1, -0.05) is 11.8 Å². The van der Waals surface area contributed by atoms with Gasteiger partial charge in [0.25, 0.3) is 0 Å². The van der Waals surface area contributed by atoms with Gasteiger partial charge >= 0.3 is 0 Å². The number of anilines is 1. The van der Waals surface area contributed by atoms with Crippen LogP contribution in [0.4, 0.5) is 5.82 Å². The van der Waals surface area contributed by atoms with Crippen LogP contribution in [-0.4, -0.2) is 38.0 Å². The quantitative estimate of drug-likeness (QED) is 0.683. The van der Waals surface area contributed by atoms with E-state index in [1.807, 2.05) is 11.4 Å². The van der Waals surface area contributed by atoms with Crippen LogP contribution in [0, 0.1) is 0 Å². The van der Waals surface area contributed by atoms with E-state index in [-0.39, 0.29) is 24.3 Å². The van der Waals surface area contributed by atoms with Crippen LogP contribution in [0.1, 0.15) is 19.3 Å². The molecule has 1 saturated carbocycles. The lowest BCUT2D eigenvalue weighted by molar-refractivity contribution is -0.138. The zero-order valence-electron chi connectivity index (χ0n) is 11.0. The minimum atomic E-state index is -0.421. The number of rotatable bonds is 3. The molecule has 21 heavy (non-hydrogen) atoms. The molecule has 1 aliphatic carbocycles. The fourth-order valence-corrected chi connectivity index (χ4v) is 4.29. The van der Waals surface area contributed by atoms with Crippen molar-refractivity contribution < 1.29 is 9.59 Å².